The SMILES string of the molecule is CC(C)C(=S)NC(Cc1ccccc1)C(=O)O. The highest BCUT2D eigenvalue weighted by Gasteiger charge is 2.19. The molecule has 1 aromatic rings. The lowest BCUT2D eigenvalue weighted by molar-refractivity contribution is -0.139. The van der Waals surface area contributed by atoms with Crippen molar-refractivity contribution < 1.29 is 9.90 Å². The number of carbonyl (C=O) groups is 1. The maximum absolute atomic E-state index is 11.1. The summed E-state index contributed by atoms with van der Waals surface area (Å²) in [6.45, 7) is 3.88. The van der Waals surface area contributed by atoms with Crippen molar-refractivity contribution in [3.63, 3.8) is 0 Å². The molecule has 0 amide bonds. The molecule has 92 valence electrons. The molecule has 0 aromatic heterocycles. The number of carboxylic acid groups (broad SMARTS) is 1. The molecule has 1 unspecified atom stereocenters. The van der Waals surface area contributed by atoms with Crippen molar-refractivity contribution in [2.24, 2.45) is 5.92 Å². The molecule has 1 aromatic carbocycles. The zero-order valence-electron chi connectivity index (χ0n) is 10.0. The third-order valence-corrected chi connectivity index (χ3v) is 3.01. The topological polar surface area (TPSA) is 49.3 Å². The lowest BCUT2D eigenvalue weighted by Crippen LogP contribution is -2.43. The Bertz CT molecular complexity index is 390. The summed E-state index contributed by atoms with van der Waals surface area (Å²) in [4.78, 5) is 11.7. The Morgan fingerprint density at radius 1 is 1.35 bits per heavy atom. The fourth-order valence-electron chi connectivity index (χ4n) is 1.39. The van der Waals surface area contributed by atoms with Crippen molar-refractivity contribution >= 4 is 23.2 Å². The lowest BCUT2D eigenvalue weighted by Gasteiger charge is -2.18. The van der Waals surface area contributed by atoms with Crippen molar-refractivity contribution in [2.75, 3.05) is 0 Å². The van der Waals surface area contributed by atoms with Crippen LogP contribution in [0.3, 0.4) is 0 Å². The molecule has 0 aliphatic heterocycles. The van der Waals surface area contributed by atoms with Gasteiger partial charge in [0.25, 0.3) is 0 Å². The molecule has 1 rings (SSSR count). The van der Waals surface area contributed by atoms with Gasteiger partial charge in [0.2, 0.25) is 0 Å². The highest BCUT2D eigenvalue weighted by atomic mass is 32.1. The number of benzene rings is 1. The number of nitrogens with one attached hydrogen (secondary N) is 1. The quantitative estimate of drug-likeness (QED) is 0.788. The van der Waals surface area contributed by atoms with Crippen LogP contribution in [0.1, 0.15) is 19.4 Å². The van der Waals surface area contributed by atoms with Gasteiger partial charge in [-0.15, -0.1) is 0 Å². The predicted octanol–water partition coefficient (Wildman–Crippen LogP) is 2.26. The molecule has 0 bridgehead atoms. The number of rotatable bonds is 5. The van der Waals surface area contributed by atoms with Crippen LogP contribution >= 0.6 is 12.2 Å². The minimum absolute atomic E-state index is 0.155. The number of hydrogen-bond donors (Lipinski definition) is 2. The van der Waals surface area contributed by atoms with Crippen LogP contribution in [0.2, 0.25) is 0 Å². The van der Waals surface area contributed by atoms with Crippen LogP contribution < -0.4 is 5.32 Å². The van der Waals surface area contributed by atoms with E-state index >= 15 is 0 Å². The molecule has 0 saturated heterocycles. The zero-order chi connectivity index (χ0) is 12.8. The van der Waals surface area contributed by atoms with Gasteiger partial charge in [-0.3, -0.25) is 0 Å². The highest BCUT2D eigenvalue weighted by molar-refractivity contribution is 7.80. The van der Waals surface area contributed by atoms with E-state index in [1.165, 1.54) is 0 Å². The summed E-state index contributed by atoms with van der Waals surface area (Å²) in [5.41, 5.74) is 0.985. The minimum Gasteiger partial charge on any atom is -0.480 e. The molecule has 0 aliphatic carbocycles. The third kappa shape index (κ3) is 4.53. The minimum atomic E-state index is -0.878. The summed E-state index contributed by atoms with van der Waals surface area (Å²) in [6.07, 6.45) is 0.434. The van der Waals surface area contributed by atoms with E-state index in [0.29, 0.717) is 11.4 Å². The monoisotopic (exact) mass is 251 g/mol. The van der Waals surface area contributed by atoms with E-state index in [9.17, 15) is 4.79 Å². The fraction of sp³-hybridized carbons (Fsp3) is 0.385. The zero-order valence-corrected chi connectivity index (χ0v) is 10.8. The van der Waals surface area contributed by atoms with Crippen molar-refractivity contribution in [3.8, 4) is 0 Å². The molecule has 3 nitrogen and oxygen atoms in total. The van der Waals surface area contributed by atoms with Crippen molar-refractivity contribution in [1.82, 2.24) is 5.32 Å². The van der Waals surface area contributed by atoms with Crippen LogP contribution in [0.5, 0.6) is 0 Å². The molecule has 4 heteroatoms. The van der Waals surface area contributed by atoms with E-state index < -0.39 is 12.0 Å². The van der Waals surface area contributed by atoms with E-state index in [1.54, 1.807) is 0 Å². The molecule has 2 N–H and O–H groups in total. The van der Waals surface area contributed by atoms with Gasteiger partial charge < -0.3 is 10.4 Å². The molecule has 0 aliphatic rings. The largest absolute Gasteiger partial charge is 0.480 e. The first-order valence-corrected chi connectivity index (χ1v) is 5.98. The van der Waals surface area contributed by atoms with E-state index in [0.717, 1.165) is 5.56 Å². The average Bonchev–Trinajstić information content (AvgIpc) is 2.29. The van der Waals surface area contributed by atoms with Crippen molar-refractivity contribution in [3.05, 3.63) is 35.9 Å². The highest BCUT2D eigenvalue weighted by Crippen LogP contribution is 2.05. The smallest absolute Gasteiger partial charge is 0.326 e. The fourth-order valence-corrected chi connectivity index (χ4v) is 1.53. The first-order valence-electron chi connectivity index (χ1n) is 5.58. The van der Waals surface area contributed by atoms with Gasteiger partial charge in [-0.05, 0) is 5.56 Å². The predicted molar refractivity (Wildman–Crippen MR) is 72.1 cm³/mol. The molecule has 1 atom stereocenters. The van der Waals surface area contributed by atoms with E-state index in [4.69, 9.17) is 17.3 Å². The Morgan fingerprint density at radius 2 is 1.94 bits per heavy atom. The molecular formula is C13H17NO2S. The first kappa shape index (κ1) is 13.6. The molecule has 0 heterocycles. The summed E-state index contributed by atoms with van der Waals surface area (Å²) < 4.78 is 0. The van der Waals surface area contributed by atoms with Gasteiger partial charge in [-0.1, -0.05) is 56.4 Å². The van der Waals surface area contributed by atoms with Gasteiger partial charge in [0, 0.05) is 12.3 Å². The van der Waals surface area contributed by atoms with E-state index in [1.807, 2.05) is 44.2 Å². The molecular weight excluding hydrogens is 234 g/mol. The van der Waals surface area contributed by atoms with Crippen LogP contribution in [-0.4, -0.2) is 22.1 Å². The second kappa shape index (κ2) is 6.35. The number of carboxylic acids is 1. The molecule has 17 heavy (non-hydrogen) atoms. The molecule has 0 saturated carbocycles. The number of aliphatic carboxylic acids is 1. The van der Waals surface area contributed by atoms with Gasteiger partial charge >= 0.3 is 5.97 Å². The summed E-state index contributed by atoms with van der Waals surface area (Å²) in [5, 5.41) is 12.0. The van der Waals surface area contributed by atoms with Gasteiger partial charge in [-0.2, -0.15) is 0 Å². The standard InChI is InChI=1S/C13H17NO2S/c1-9(2)12(17)14-11(13(15)16)8-10-6-4-3-5-7-10/h3-7,9,11H,8H2,1-2H3,(H,14,17)(H,15,16). The second-order valence-corrected chi connectivity index (χ2v) is 4.68. The average molecular weight is 251 g/mol. The lowest BCUT2D eigenvalue weighted by atomic mass is 10.1. The maximum Gasteiger partial charge on any atom is 0.326 e. The molecule has 0 spiro atoms. The number of hydrogen-bond acceptors (Lipinski definition) is 2. The van der Waals surface area contributed by atoms with Gasteiger partial charge in [0.15, 0.2) is 0 Å². The summed E-state index contributed by atoms with van der Waals surface area (Å²) in [6, 6.07) is 8.87. The molecule has 0 fully saturated rings. The number of thiocarbonyl (C=S) groups is 1. The second-order valence-electron chi connectivity index (χ2n) is 4.24. The van der Waals surface area contributed by atoms with Crippen LogP contribution in [0.25, 0.3) is 0 Å². The summed E-state index contributed by atoms with van der Waals surface area (Å²) in [7, 11) is 0. The van der Waals surface area contributed by atoms with Crippen LogP contribution in [0.15, 0.2) is 30.3 Å². The van der Waals surface area contributed by atoms with Gasteiger partial charge in [0.05, 0.1) is 4.99 Å². The van der Waals surface area contributed by atoms with Gasteiger partial charge in [0.1, 0.15) is 6.04 Å². The normalized spacial score (nSPS) is 12.2. The third-order valence-electron chi connectivity index (χ3n) is 2.42. The van der Waals surface area contributed by atoms with E-state index in [2.05, 4.69) is 5.32 Å². The Balaban J connectivity index is 2.68. The van der Waals surface area contributed by atoms with Crippen molar-refractivity contribution in [1.29, 1.82) is 0 Å². The van der Waals surface area contributed by atoms with Gasteiger partial charge in [-0.25, -0.2) is 4.79 Å². The summed E-state index contributed by atoms with van der Waals surface area (Å²) >= 11 is 5.12. The Hall–Kier alpha value is -1.42. The van der Waals surface area contributed by atoms with E-state index in [-0.39, 0.29) is 5.92 Å². The summed E-state index contributed by atoms with van der Waals surface area (Å²) in [5.74, 6) is -0.723. The Labute approximate surface area is 107 Å². The molecule has 0 radical (unpaired) electrons. The maximum atomic E-state index is 11.1. The Morgan fingerprint density at radius 3 is 2.41 bits per heavy atom. The van der Waals surface area contributed by atoms with Crippen LogP contribution in [0, 0.1) is 5.92 Å². The van der Waals surface area contributed by atoms with Crippen LogP contribution in [-0.2, 0) is 11.2 Å². The van der Waals surface area contributed by atoms with Crippen molar-refractivity contribution in [2.45, 2.75) is 26.3 Å². The Kier molecular flexibility index (Phi) is 5.10. The van der Waals surface area contributed by atoms with Crippen LogP contribution in [0.4, 0.5) is 0 Å². The first-order chi connectivity index (χ1) is 8.00.